The molecule has 0 radical (unpaired) electrons. The Hall–Kier alpha value is -1.79. The van der Waals surface area contributed by atoms with E-state index in [1.807, 2.05) is 6.92 Å². The number of rotatable bonds is 3. The molecule has 7 heteroatoms. The number of nitrogens with one attached hydrogen (secondary N) is 1. The zero-order valence-corrected chi connectivity index (χ0v) is 11.7. The molecular weight excluding hydrogens is 262 g/mol. The van der Waals surface area contributed by atoms with Gasteiger partial charge in [-0.2, -0.15) is 0 Å². The van der Waals surface area contributed by atoms with Crippen LogP contribution in [0.25, 0.3) is 0 Å². The summed E-state index contributed by atoms with van der Waals surface area (Å²) in [7, 11) is 0. The third-order valence-electron chi connectivity index (χ3n) is 4.07. The summed E-state index contributed by atoms with van der Waals surface area (Å²) in [6.45, 7) is 3.96. The summed E-state index contributed by atoms with van der Waals surface area (Å²) in [6.07, 6.45) is 2.03. The molecule has 3 amide bonds. The van der Waals surface area contributed by atoms with Gasteiger partial charge in [0.2, 0.25) is 5.91 Å². The highest BCUT2D eigenvalue weighted by atomic mass is 16.4. The monoisotopic (exact) mass is 283 g/mol. The molecule has 20 heavy (non-hydrogen) atoms. The summed E-state index contributed by atoms with van der Waals surface area (Å²) in [5.74, 6) is -1.53. The second kappa shape index (κ2) is 6.11. The van der Waals surface area contributed by atoms with Gasteiger partial charge in [0.25, 0.3) is 0 Å². The summed E-state index contributed by atoms with van der Waals surface area (Å²) in [5, 5.41) is 11.6. The van der Waals surface area contributed by atoms with Crippen molar-refractivity contribution in [3.8, 4) is 0 Å². The lowest BCUT2D eigenvalue weighted by molar-refractivity contribution is -0.142. The van der Waals surface area contributed by atoms with Crippen LogP contribution >= 0.6 is 0 Å². The molecule has 2 rings (SSSR count). The highest BCUT2D eigenvalue weighted by Crippen LogP contribution is 2.22. The summed E-state index contributed by atoms with van der Waals surface area (Å²) in [6, 6.07) is -0.354. The van der Waals surface area contributed by atoms with Gasteiger partial charge in [0.15, 0.2) is 0 Å². The number of nitrogens with zero attached hydrogens (tertiary/aromatic N) is 2. The average molecular weight is 283 g/mol. The van der Waals surface area contributed by atoms with E-state index in [0.717, 1.165) is 25.9 Å². The third kappa shape index (κ3) is 3.20. The Morgan fingerprint density at radius 1 is 1.15 bits per heavy atom. The predicted octanol–water partition coefficient (Wildman–Crippen LogP) is -0.0291. The van der Waals surface area contributed by atoms with Gasteiger partial charge >= 0.3 is 12.0 Å². The van der Waals surface area contributed by atoms with E-state index in [-0.39, 0.29) is 30.9 Å². The molecule has 0 aromatic rings. The number of hydrogen-bond donors (Lipinski definition) is 2. The second-order valence-electron chi connectivity index (χ2n) is 5.57. The van der Waals surface area contributed by atoms with Crippen LogP contribution in [0, 0.1) is 11.8 Å². The minimum absolute atomic E-state index is 0.0124. The number of aliphatic carboxylic acids is 1. The van der Waals surface area contributed by atoms with Crippen molar-refractivity contribution in [1.29, 1.82) is 0 Å². The number of amides is 3. The molecule has 0 aliphatic carbocycles. The van der Waals surface area contributed by atoms with Crippen LogP contribution in [0.1, 0.15) is 19.8 Å². The number of carboxylic acids is 1. The predicted molar refractivity (Wildman–Crippen MR) is 71.1 cm³/mol. The normalized spacial score (nSPS) is 25.9. The molecule has 0 aromatic heterocycles. The van der Waals surface area contributed by atoms with Crippen LogP contribution in [0.2, 0.25) is 0 Å². The minimum Gasteiger partial charge on any atom is -0.481 e. The Bertz CT molecular complexity index is 406. The van der Waals surface area contributed by atoms with Crippen LogP contribution in [0.4, 0.5) is 4.79 Å². The Labute approximate surface area is 117 Å². The molecule has 0 aromatic carbocycles. The fourth-order valence-electron chi connectivity index (χ4n) is 2.80. The molecule has 2 N–H and O–H groups in total. The van der Waals surface area contributed by atoms with Crippen molar-refractivity contribution in [3.05, 3.63) is 0 Å². The second-order valence-corrected chi connectivity index (χ2v) is 5.57. The van der Waals surface area contributed by atoms with Gasteiger partial charge in [0.05, 0.1) is 12.5 Å². The molecule has 0 saturated carbocycles. The molecule has 2 heterocycles. The van der Waals surface area contributed by atoms with E-state index in [4.69, 9.17) is 5.11 Å². The first-order valence-corrected chi connectivity index (χ1v) is 7.02. The first kappa shape index (κ1) is 14.6. The highest BCUT2D eigenvalue weighted by molar-refractivity contribution is 5.84. The van der Waals surface area contributed by atoms with Gasteiger partial charge in [-0.15, -0.1) is 0 Å². The van der Waals surface area contributed by atoms with Crippen molar-refractivity contribution in [1.82, 2.24) is 15.1 Å². The maximum Gasteiger partial charge on any atom is 0.317 e. The van der Waals surface area contributed by atoms with Crippen molar-refractivity contribution in [3.63, 3.8) is 0 Å². The molecule has 112 valence electrons. The molecular formula is C13H21N3O4. The van der Waals surface area contributed by atoms with Crippen LogP contribution in [-0.4, -0.2) is 65.5 Å². The number of carboxylic acid groups (broad SMARTS) is 1. The fourth-order valence-corrected chi connectivity index (χ4v) is 2.80. The minimum atomic E-state index is -0.874. The topological polar surface area (TPSA) is 90.0 Å². The number of hydrogen-bond acceptors (Lipinski definition) is 3. The largest absolute Gasteiger partial charge is 0.481 e. The van der Waals surface area contributed by atoms with E-state index in [9.17, 15) is 14.4 Å². The van der Waals surface area contributed by atoms with Crippen molar-refractivity contribution >= 4 is 17.9 Å². The lowest BCUT2D eigenvalue weighted by atomic mass is 9.99. The summed E-state index contributed by atoms with van der Waals surface area (Å²) in [5.41, 5.74) is 0. The lowest BCUT2D eigenvalue weighted by Crippen LogP contribution is -2.44. The Balaban J connectivity index is 1.78. The molecule has 0 unspecified atom stereocenters. The van der Waals surface area contributed by atoms with Crippen LogP contribution in [0.5, 0.6) is 0 Å². The smallest absolute Gasteiger partial charge is 0.317 e. The van der Waals surface area contributed by atoms with Gasteiger partial charge in [-0.05, 0) is 18.8 Å². The first-order valence-electron chi connectivity index (χ1n) is 7.02. The Morgan fingerprint density at radius 3 is 2.35 bits per heavy atom. The van der Waals surface area contributed by atoms with E-state index >= 15 is 0 Å². The highest BCUT2D eigenvalue weighted by Gasteiger charge is 2.37. The molecule has 0 bridgehead atoms. The van der Waals surface area contributed by atoms with Gasteiger partial charge in [0.1, 0.15) is 0 Å². The zero-order valence-electron chi connectivity index (χ0n) is 11.7. The standard InChI is InChI=1S/C13H21N3O4/c1-9-7-16(8-10(9)12(18)19)13(20)14-6-11(17)15-4-2-3-5-15/h9-10H,2-8H2,1H3,(H,14,20)(H,18,19)/t9-,10-/m1/s1. The Kier molecular flexibility index (Phi) is 4.46. The van der Waals surface area contributed by atoms with Crippen LogP contribution in [0.3, 0.4) is 0 Å². The van der Waals surface area contributed by atoms with E-state index in [0.29, 0.717) is 6.54 Å². The number of likely N-dealkylation sites (tertiary alicyclic amines) is 2. The van der Waals surface area contributed by atoms with E-state index in [1.165, 1.54) is 4.90 Å². The molecule has 2 atom stereocenters. The zero-order chi connectivity index (χ0) is 14.7. The first-order chi connectivity index (χ1) is 9.49. The van der Waals surface area contributed by atoms with Crippen LogP contribution in [-0.2, 0) is 9.59 Å². The molecule has 2 aliphatic rings. The van der Waals surface area contributed by atoms with Gasteiger partial charge < -0.3 is 20.2 Å². The molecule has 7 nitrogen and oxygen atoms in total. The van der Waals surface area contributed by atoms with Crippen molar-refractivity contribution in [2.75, 3.05) is 32.7 Å². The maximum absolute atomic E-state index is 11.9. The van der Waals surface area contributed by atoms with Crippen LogP contribution in [0.15, 0.2) is 0 Å². The summed E-state index contributed by atoms with van der Waals surface area (Å²) in [4.78, 5) is 37.9. The quantitative estimate of drug-likeness (QED) is 0.761. The van der Waals surface area contributed by atoms with Crippen molar-refractivity contribution in [2.24, 2.45) is 11.8 Å². The SMILES string of the molecule is C[C@@H]1CN(C(=O)NCC(=O)N2CCCC2)C[C@H]1C(=O)O. The lowest BCUT2D eigenvalue weighted by Gasteiger charge is -2.19. The van der Waals surface area contributed by atoms with Crippen LogP contribution < -0.4 is 5.32 Å². The Morgan fingerprint density at radius 2 is 1.80 bits per heavy atom. The number of carbonyl (C=O) groups is 3. The number of carbonyl (C=O) groups excluding carboxylic acids is 2. The van der Waals surface area contributed by atoms with Gasteiger partial charge in [-0.1, -0.05) is 6.92 Å². The van der Waals surface area contributed by atoms with Gasteiger partial charge in [-0.3, -0.25) is 9.59 Å². The number of urea groups is 1. The van der Waals surface area contributed by atoms with Crippen molar-refractivity contribution in [2.45, 2.75) is 19.8 Å². The van der Waals surface area contributed by atoms with E-state index in [2.05, 4.69) is 5.32 Å². The average Bonchev–Trinajstić information content (AvgIpc) is 3.04. The molecule has 2 aliphatic heterocycles. The molecule has 2 saturated heterocycles. The molecule has 0 spiro atoms. The summed E-state index contributed by atoms with van der Waals surface area (Å²) >= 11 is 0. The molecule has 2 fully saturated rings. The van der Waals surface area contributed by atoms with Gasteiger partial charge in [-0.25, -0.2) is 4.79 Å². The summed E-state index contributed by atoms with van der Waals surface area (Å²) < 4.78 is 0. The fraction of sp³-hybridized carbons (Fsp3) is 0.769. The van der Waals surface area contributed by atoms with E-state index in [1.54, 1.807) is 4.90 Å². The third-order valence-corrected chi connectivity index (χ3v) is 4.07. The maximum atomic E-state index is 11.9. The van der Waals surface area contributed by atoms with Crippen molar-refractivity contribution < 1.29 is 19.5 Å². The van der Waals surface area contributed by atoms with Gasteiger partial charge in [0, 0.05) is 26.2 Å². The van der Waals surface area contributed by atoms with E-state index < -0.39 is 11.9 Å².